The maximum atomic E-state index is 13.4. The summed E-state index contributed by atoms with van der Waals surface area (Å²) in [4.78, 5) is 24.8. The first kappa shape index (κ1) is 16.2. The highest BCUT2D eigenvalue weighted by molar-refractivity contribution is 6.05. The van der Waals surface area contributed by atoms with Gasteiger partial charge in [-0.15, -0.1) is 0 Å². The summed E-state index contributed by atoms with van der Waals surface area (Å²) < 4.78 is 31.6. The Labute approximate surface area is 127 Å². The molecule has 0 spiro atoms. The fourth-order valence-electron chi connectivity index (χ4n) is 2.19. The largest absolute Gasteiger partial charge is 0.464 e. The molecule has 1 amide bonds. The number of anilines is 2. The average molecular weight is 312 g/mol. The van der Waals surface area contributed by atoms with Crippen LogP contribution in [0.3, 0.4) is 0 Å². The zero-order valence-corrected chi connectivity index (χ0v) is 12.3. The molecule has 0 fully saturated rings. The van der Waals surface area contributed by atoms with Gasteiger partial charge in [0.15, 0.2) is 11.6 Å². The molecular weight excluding hydrogens is 294 g/mol. The van der Waals surface area contributed by atoms with E-state index in [4.69, 9.17) is 4.74 Å². The van der Waals surface area contributed by atoms with Crippen LogP contribution in [0.4, 0.5) is 20.2 Å². The summed E-state index contributed by atoms with van der Waals surface area (Å²) in [5.41, 5.74) is 0.415. The second-order valence-electron chi connectivity index (χ2n) is 5.04. The number of ether oxygens (including phenoxy) is 1. The lowest BCUT2D eigenvalue weighted by Gasteiger charge is -2.29. The Morgan fingerprint density at radius 3 is 2.77 bits per heavy atom. The molecule has 0 saturated carbocycles. The van der Waals surface area contributed by atoms with Crippen molar-refractivity contribution in [2.75, 3.05) is 29.9 Å². The lowest BCUT2D eigenvalue weighted by Crippen LogP contribution is -2.43. The van der Waals surface area contributed by atoms with Gasteiger partial charge in [-0.1, -0.05) is 19.8 Å². The maximum absolute atomic E-state index is 13.4. The minimum atomic E-state index is -1.07. The van der Waals surface area contributed by atoms with E-state index < -0.39 is 23.5 Å². The summed E-state index contributed by atoms with van der Waals surface area (Å²) >= 11 is 0. The predicted molar refractivity (Wildman–Crippen MR) is 77.7 cm³/mol. The van der Waals surface area contributed by atoms with Crippen LogP contribution < -0.4 is 10.2 Å². The van der Waals surface area contributed by atoms with Crippen molar-refractivity contribution in [1.82, 2.24) is 0 Å². The third-order valence-electron chi connectivity index (χ3n) is 3.36. The summed E-state index contributed by atoms with van der Waals surface area (Å²) in [5, 5.41) is 2.69. The molecule has 5 nitrogen and oxygen atoms in total. The van der Waals surface area contributed by atoms with Crippen molar-refractivity contribution in [3.63, 3.8) is 0 Å². The molecule has 22 heavy (non-hydrogen) atoms. The fraction of sp³-hybridized carbons (Fsp3) is 0.467. The third kappa shape index (κ3) is 3.72. The van der Waals surface area contributed by atoms with Crippen molar-refractivity contribution in [2.45, 2.75) is 26.2 Å². The second kappa shape index (κ2) is 7.20. The van der Waals surface area contributed by atoms with Crippen molar-refractivity contribution in [3.05, 3.63) is 23.8 Å². The van der Waals surface area contributed by atoms with Gasteiger partial charge in [0.25, 0.3) is 0 Å². The Balaban J connectivity index is 2.06. The van der Waals surface area contributed by atoms with Gasteiger partial charge in [0.05, 0.1) is 24.5 Å². The molecule has 2 rings (SSSR count). The summed E-state index contributed by atoms with van der Waals surface area (Å²) in [6, 6.07) is 1.87. The monoisotopic (exact) mass is 312 g/mol. The molecule has 0 saturated heterocycles. The van der Waals surface area contributed by atoms with Crippen LogP contribution in [0.5, 0.6) is 0 Å². The first-order chi connectivity index (χ1) is 10.5. The fourth-order valence-corrected chi connectivity index (χ4v) is 2.19. The number of rotatable bonds is 6. The quantitative estimate of drug-likeness (QED) is 0.647. The standard InChI is InChI=1S/C15H18F2N2O3/c1-2-3-4-5-22-15(21)9-19-13-7-11(17)10(16)6-12(13)18-8-14(19)20/h6-7,18H,2-5,8-9H2,1H3. The highest BCUT2D eigenvalue weighted by atomic mass is 19.2. The Kier molecular flexibility index (Phi) is 5.30. The molecule has 1 aliphatic rings. The first-order valence-corrected chi connectivity index (χ1v) is 7.21. The molecule has 0 atom stereocenters. The topological polar surface area (TPSA) is 58.6 Å². The number of halogens is 2. The number of benzene rings is 1. The molecule has 120 valence electrons. The molecule has 1 aromatic rings. The third-order valence-corrected chi connectivity index (χ3v) is 3.36. The van der Waals surface area contributed by atoms with Gasteiger partial charge in [-0.2, -0.15) is 0 Å². The molecule has 7 heteroatoms. The van der Waals surface area contributed by atoms with Crippen LogP contribution in [0, 0.1) is 11.6 Å². The molecule has 0 bridgehead atoms. The first-order valence-electron chi connectivity index (χ1n) is 7.21. The van der Waals surface area contributed by atoms with Gasteiger partial charge in [0.2, 0.25) is 5.91 Å². The number of nitrogens with zero attached hydrogens (tertiary/aromatic N) is 1. The maximum Gasteiger partial charge on any atom is 0.326 e. The Morgan fingerprint density at radius 1 is 1.32 bits per heavy atom. The molecule has 1 N–H and O–H groups in total. The number of esters is 1. The van der Waals surface area contributed by atoms with Crippen LogP contribution in [-0.2, 0) is 14.3 Å². The number of unbranched alkanes of at least 4 members (excludes halogenated alkanes) is 2. The summed E-state index contributed by atoms with van der Waals surface area (Å²) in [6.45, 7) is 1.93. The van der Waals surface area contributed by atoms with Crippen molar-refractivity contribution in [3.8, 4) is 0 Å². The lowest BCUT2D eigenvalue weighted by atomic mass is 10.2. The number of carbonyl (C=O) groups excluding carboxylic acids is 2. The Bertz CT molecular complexity index is 578. The number of hydrogen-bond acceptors (Lipinski definition) is 4. The molecule has 1 heterocycles. The second-order valence-corrected chi connectivity index (χ2v) is 5.04. The minimum Gasteiger partial charge on any atom is -0.464 e. The Morgan fingerprint density at radius 2 is 2.05 bits per heavy atom. The van der Waals surface area contributed by atoms with Gasteiger partial charge in [0.1, 0.15) is 6.54 Å². The number of hydrogen-bond donors (Lipinski definition) is 1. The minimum absolute atomic E-state index is 0.0822. The van der Waals surface area contributed by atoms with Crippen molar-refractivity contribution >= 4 is 23.3 Å². The lowest BCUT2D eigenvalue weighted by molar-refractivity contribution is -0.143. The Hall–Kier alpha value is -2.18. The van der Waals surface area contributed by atoms with Crippen LogP contribution >= 0.6 is 0 Å². The normalized spacial score (nSPS) is 13.6. The average Bonchev–Trinajstić information content (AvgIpc) is 2.49. The molecule has 0 radical (unpaired) electrons. The van der Waals surface area contributed by atoms with Crippen molar-refractivity contribution < 1.29 is 23.1 Å². The summed E-state index contributed by atoms with van der Waals surface area (Å²) in [7, 11) is 0. The number of nitrogens with one attached hydrogen (secondary N) is 1. The van der Waals surface area contributed by atoms with Gasteiger partial charge in [0, 0.05) is 12.1 Å². The molecule has 1 aromatic carbocycles. The van der Waals surface area contributed by atoms with E-state index in [1.807, 2.05) is 6.92 Å². The number of fused-ring (bicyclic) bond motifs is 1. The van der Waals surface area contributed by atoms with Gasteiger partial charge in [-0.25, -0.2) is 8.78 Å². The summed E-state index contributed by atoms with van der Waals surface area (Å²) in [6.07, 6.45) is 2.72. The molecule has 0 aliphatic carbocycles. The smallest absolute Gasteiger partial charge is 0.326 e. The molecule has 0 aromatic heterocycles. The van der Waals surface area contributed by atoms with E-state index in [2.05, 4.69) is 5.32 Å². The van der Waals surface area contributed by atoms with E-state index in [9.17, 15) is 18.4 Å². The molecule has 1 aliphatic heterocycles. The van der Waals surface area contributed by atoms with Gasteiger partial charge in [-0.05, 0) is 6.42 Å². The van der Waals surface area contributed by atoms with Gasteiger partial charge in [-0.3, -0.25) is 14.5 Å². The van der Waals surface area contributed by atoms with E-state index in [1.165, 1.54) is 0 Å². The van der Waals surface area contributed by atoms with Crippen LogP contribution in [0.1, 0.15) is 26.2 Å². The van der Waals surface area contributed by atoms with E-state index in [0.717, 1.165) is 36.3 Å². The predicted octanol–water partition coefficient (Wildman–Crippen LogP) is 2.46. The highest BCUT2D eigenvalue weighted by Gasteiger charge is 2.27. The van der Waals surface area contributed by atoms with Gasteiger partial charge < -0.3 is 10.1 Å². The van der Waals surface area contributed by atoms with Crippen LogP contribution in [0.15, 0.2) is 12.1 Å². The van der Waals surface area contributed by atoms with Gasteiger partial charge >= 0.3 is 5.97 Å². The van der Waals surface area contributed by atoms with Crippen molar-refractivity contribution in [1.29, 1.82) is 0 Å². The van der Waals surface area contributed by atoms with E-state index in [0.29, 0.717) is 0 Å². The number of carbonyl (C=O) groups is 2. The van der Waals surface area contributed by atoms with E-state index in [1.54, 1.807) is 0 Å². The molecular formula is C15H18F2N2O3. The van der Waals surface area contributed by atoms with Crippen molar-refractivity contribution in [2.24, 2.45) is 0 Å². The zero-order valence-electron chi connectivity index (χ0n) is 12.3. The van der Waals surface area contributed by atoms with Crippen LogP contribution in [0.2, 0.25) is 0 Å². The van der Waals surface area contributed by atoms with Crippen LogP contribution in [-0.4, -0.2) is 31.6 Å². The van der Waals surface area contributed by atoms with E-state index >= 15 is 0 Å². The zero-order chi connectivity index (χ0) is 16.1. The SMILES string of the molecule is CCCCCOC(=O)CN1C(=O)CNc2cc(F)c(F)cc21. The van der Waals surface area contributed by atoms with E-state index in [-0.39, 0.29) is 31.1 Å². The molecule has 0 unspecified atom stereocenters. The number of amides is 1. The highest BCUT2D eigenvalue weighted by Crippen LogP contribution is 2.31. The summed E-state index contributed by atoms with van der Waals surface area (Å²) in [5.74, 6) is -3.05. The van der Waals surface area contributed by atoms with Crippen LogP contribution in [0.25, 0.3) is 0 Å².